The molecule has 1 atom stereocenters. The number of primary amides is 1. The molecule has 1 rings (SSSR count). The van der Waals surface area contributed by atoms with Gasteiger partial charge in [-0.05, 0) is 34.7 Å². The van der Waals surface area contributed by atoms with Gasteiger partial charge in [-0.1, -0.05) is 0 Å². The fraction of sp³-hybridized carbons (Fsp3) is 0.923. The summed E-state index contributed by atoms with van der Waals surface area (Å²) in [5, 5.41) is 0. The highest BCUT2D eigenvalue weighted by Gasteiger charge is 2.43. The molecule has 1 aliphatic rings. The molecule has 0 aromatic heterocycles. The maximum Gasteiger partial charge on any atom is 0.235 e. The molecular formula is C13H27N3O2S. The Morgan fingerprint density at radius 3 is 2.42 bits per heavy atom. The molecular weight excluding hydrogens is 262 g/mol. The zero-order chi connectivity index (χ0) is 14.8. The number of hydrogen-bond donors (Lipinski definition) is 1. The number of nitrogens with two attached hydrogens (primary N) is 1. The summed E-state index contributed by atoms with van der Waals surface area (Å²) in [6, 6.07) is -0.264. The minimum absolute atomic E-state index is 0.141. The van der Waals surface area contributed by atoms with Crippen molar-refractivity contribution >= 4 is 17.7 Å². The Labute approximate surface area is 120 Å². The molecule has 0 spiro atoms. The largest absolute Gasteiger partial charge is 0.368 e. The summed E-state index contributed by atoms with van der Waals surface area (Å²) in [4.78, 5) is 15.9. The van der Waals surface area contributed by atoms with E-state index in [1.165, 1.54) is 0 Å². The number of ether oxygens (including phenoxy) is 1. The van der Waals surface area contributed by atoms with Crippen LogP contribution in [0.1, 0.15) is 27.7 Å². The monoisotopic (exact) mass is 289 g/mol. The molecule has 5 nitrogen and oxygen atoms in total. The fourth-order valence-electron chi connectivity index (χ4n) is 2.23. The van der Waals surface area contributed by atoms with Crippen LogP contribution < -0.4 is 5.73 Å². The number of nitrogens with zero attached hydrogens (tertiary/aromatic N) is 2. The average molecular weight is 289 g/mol. The number of thioether (sulfide) groups is 1. The van der Waals surface area contributed by atoms with Gasteiger partial charge in [0.2, 0.25) is 5.91 Å². The summed E-state index contributed by atoms with van der Waals surface area (Å²) in [5.74, 6) is 0.385. The first-order valence-electron chi connectivity index (χ1n) is 6.58. The number of methoxy groups -OCH3 is 1. The topological polar surface area (TPSA) is 58.8 Å². The molecule has 0 aromatic rings. The van der Waals surface area contributed by atoms with Crippen LogP contribution in [0.5, 0.6) is 0 Å². The second kappa shape index (κ2) is 5.99. The normalized spacial score (nSPS) is 22.6. The van der Waals surface area contributed by atoms with Crippen LogP contribution in [-0.4, -0.2) is 65.3 Å². The lowest BCUT2D eigenvalue weighted by atomic mass is 10.1. The van der Waals surface area contributed by atoms with Gasteiger partial charge in [-0.25, -0.2) is 0 Å². The molecule has 6 heteroatoms. The second-order valence-electron chi connectivity index (χ2n) is 5.94. The van der Waals surface area contributed by atoms with Gasteiger partial charge in [0.1, 0.15) is 4.93 Å². The van der Waals surface area contributed by atoms with Gasteiger partial charge in [0, 0.05) is 26.0 Å². The Balaban J connectivity index is 2.77. The lowest BCUT2D eigenvalue weighted by Crippen LogP contribution is -2.56. The fourth-order valence-corrected chi connectivity index (χ4v) is 3.25. The van der Waals surface area contributed by atoms with Crippen LogP contribution in [0.2, 0.25) is 0 Å². The Morgan fingerprint density at radius 1 is 1.47 bits per heavy atom. The van der Waals surface area contributed by atoms with Crippen molar-refractivity contribution in [3.63, 3.8) is 0 Å². The first-order valence-corrected chi connectivity index (χ1v) is 7.57. The highest BCUT2D eigenvalue weighted by atomic mass is 32.2. The standard InChI is InChI=1S/C13H27N3O2S/c1-12(2)15(5)7-8-16(12)10(11(14)17)9-19-13(3,4)18-6/h10H,7-9H2,1-6H3,(H2,14,17). The molecule has 1 heterocycles. The molecule has 0 bridgehead atoms. The van der Waals surface area contributed by atoms with Crippen molar-refractivity contribution in [2.24, 2.45) is 5.73 Å². The van der Waals surface area contributed by atoms with E-state index in [9.17, 15) is 4.79 Å². The van der Waals surface area contributed by atoms with Crippen molar-refractivity contribution < 1.29 is 9.53 Å². The quantitative estimate of drug-likeness (QED) is 0.738. The summed E-state index contributed by atoms with van der Waals surface area (Å²) >= 11 is 1.62. The van der Waals surface area contributed by atoms with E-state index in [0.717, 1.165) is 13.1 Å². The summed E-state index contributed by atoms with van der Waals surface area (Å²) in [7, 11) is 3.75. The SMILES string of the molecule is COC(C)(C)SCC(C(N)=O)N1CCN(C)C1(C)C. The third-order valence-electron chi connectivity index (χ3n) is 4.10. The number of rotatable bonds is 6. The van der Waals surface area contributed by atoms with Gasteiger partial charge >= 0.3 is 0 Å². The Kier molecular flexibility index (Phi) is 5.28. The van der Waals surface area contributed by atoms with Crippen LogP contribution in [0.4, 0.5) is 0 Å². The molecule has 0 radical (unpaired) electrons. The van der Waals surface area contributed by atoms with Crippen molar-refractivity contribution in [2.75, 3.05) is 33.0 Å². The van der Waals surface area contributed by atoms with E-state index in [0.29, 0.717) is 5.75 Å². The number of carbonyl (C=O) groups excluding carboxylic acids is 1. The zero-order valence-electron chi connectivity index (χ0n) is 12.9. The van der Waals surface area contributed by atoms with Gasteiger partial charge in [-0.3, -0.25) is 14.6 Å². The molecule has 1 saturated heterocycles. The van der Waals surface area contributed by atoms with E-state index in [2.05, 4.69) is 30.7 Å². The predicted molar refractivity (Wildman–Crippen MR) is 79.9 cm³/mol. The molecule has 0 aliphatic carbocycles. The Hall–Kier alpha value is -0.300. The lowest BCUT2D eigenvalue weighted by Gasteiger charge is -2.40. The number of amides is 1. The third kappa shape index (κ3) is 3.84. The highest BCUT2D eigenvalue weighted by molar-refractivity contribution is 8.00. The number of hydrogen-bond acceptors (Lipinski definition) is 5. The number of likely N-dealkylation sites (N-methyl/N-ethyl adjacent to an activating group) is 1. The van der Waals surface area contributed by atoms with Crippen molar-refractivity contribution in [3.8, 4) is 0 Å². The Bertz CT molecular complexity index is 334. The van der Waals surface area contributed by atoms with Crippen LogP contribution in [0.3, 0.4) is 0 Å². The third-order valence-corrected chi connectivity index (χ3v) is 5.44. The smallest absolute Gasteiger partial charge is 0.235 e. The van der Waals surface area contributed by atoms with E-state index in [1.807, 2.05) is 13.8 Å². The molecule has 1 amide bonds. The van der Waals surface area contributed by atoms with Crippen molar-refractivity contribution in [1.82, 2.24) is 9.80 Å². The van der Waals surface area contributed by atoms with Crippen molar-refractivity contribution in [2.45, 2.75) is 44.3 Å². The maximum atomic E-state index is 11.8. The molecule has 1 fully saturated rings. The lowest BCUT2D eigenvalue weighted by molar-refractivity contribution is -0.125. The van der Waals surface area contributed by atoms with Crippen molar-refractivity contribution in [3.05, 3.63) is 0 Å². The first-order chi connectivity index (χ1) is 8.62. The summed E-state index contributed by atoms with van der Waals surface area (Å²) in [6.45, 7) is 10.1. The van der Waals surface area contributed by atoms with E-state index in [1.54, 1.807) is 18.9 Å². The van der Waals surface area contributed by atoms with E-state index < -0.39 is 0 Å². The summed E-state index contributed by atoms with van der Waals surface area (Å²) in [6.07, 6.45) is 0. The van der Waals surface area contributed by atoms with Gasteiger partial charge < -0.3 is 10.5 Å². The van der Waals surface area contributed by atoms with E-state index in [-0.39, 0.29) is 22.5 Å². The van der Waals surface area contributed by atoms with E-state index in [4.69, 9.17) is 10.5 Å². The molecule has 0 saturated carbocycles. The average Bonchev–Trinajstić information content (AvgIpc) is 2.55. The summed E-state index contributed by atoms with van der Waals surface area (Å²) < 4.78 is 5.39. The maximum absolute atomic E-state index is 11.8. The van der Waals surface area contributed by atoms with Gasteiger partial charge in [-0.2, -0.15) is 0 Å². The van der Waals surface area contributed by atoms with Crippen LogP contribution in [0.25, 0.3) is 0 Å². The molecule has 112 valence electrons. The zero-order valence-corrected chi connectivity index (χ0v) is 13.7. The first kappa shape index (κ1) is 16.8. The molecule has 1 aliphatic heterocycles. The van der Waals surface area contributed by atoms with Gasteiger partial charge in [0.25, 0.3) is 0 Å². The molecule has 0 aromatic carbocycles. The molecule has 2 N–H and O–H groups in total. The van der Waals surface area contributed by atoms with Crippen LogP contribution in [0, 0.1) is 0 Å². The van der Waals surface area contributed by atoms with Crippen molar-refractivity contribution in [1.29, 1.82) is 0 Å². The number of carbonyl (C=O) groups is 1. The van der Waals surface area contributed by atoms with Crippen LogP contribution in [-0.2, 0) is 9.53 Å². The molecule has 1 unspecified atom stereocenters. The van der Waals surface area contributed by atoms with Crippen LogP contribution in [0.15, 0.2) is 0 Å². The predicted octanol–water partition coefficient (Wildman–Crippen LogP) is 0.940. The molecule has 19 heavy (non-hydrogen) atoms. The minimum Gasteiger partial charge on any atom is -0.368 e. The van der Waals surface area contributed by atoms with Gasteiger partial charge in [-0.15, -0.1) is 11.8 Å². The Morgan fingerprint density at radius 2 is 2.05 bits per heavy atom. The van der Waals surface area contributed by atoms with Gasteiger partial charge in [0.05, 0.1) is 11.7 Å². The summed E-state index contributed by atoms with van der Waals surface area (Å²) in [5.41, 5.74) is 5.46. The minimum atomic E-state index is -0.302. The van der Waals surface area contributed by atoms with E-state index >= 15 is 0 Å². The van der Waals surface area contributed by atoms with Crippen LogP contribution >= 0.6 is 11.8 Å². The highest BCUT2D eigenvalue weighted by Crippen LogP contribution is 2.31. The van der Waals surface area contributed by atoms with Gasteiger partial charge in [0.15, 0.2) is 0 Å². The second-order valence-corrected chi connectivity index (χ2v) is 7.55.